The Morgan fingerprint density at radius 3 is 2.82 bits per heavy atom. The molecule has 1 amide bonds. The summed E-state index contributed by atoms with van der Waals surface area (Å²) in [6.07, 6.45) is 4.35. The summed E-state index contributed by atoms with van der Waals surface area (Å²) >= 11 is 1.37. The van der Waals surface area contributed by atoms with Crippen molar-refractivity contribution in [1.29, 1.82) is 0 Å². The van der Waals surface area contributed by atoms with Crippen molar-refractivity contribution in [1.82, 2.24) is 25.2 Å². The first-order chi connectivity index (χ1) is 10.3. The molecule has 0 aliphatic carbocycles. The second-order valence-corrected chi connectivity index (χ2v) is 5.90. The number of nitrogens with zero attached hydrogens (tertiary/aromatic N) is 4. The third kappa shape index (κ3) is 3.60. The summed E-state index contributed by atoms with van der Waals surface area (Å²) in [6, 6.07) is 1.76. The van der Waals surface area contributed by atoms with Crippen LogP contribution in [0.2, 0.25) is 0 Å². The predicted molar refractivity (Wildman–Crippen MR) is 88.5 cm³/mol. The van der Waals surface area contributed by atoms with Gasteiger partial charge in [-0.2, -0.15) is 0 Å². The molecule has 1 fully saturated rings. The Morgan fingerprint density at radius 2 is 2.05 bits per heavy atom. The minimum Gasteiger partial charge on any atom is -0.337 e. The number of thiazole rings is 1. The van der Waals surface area contributed by atoms with E-state index < -0.39 is 0 Å². The molecule has 1 saturated heterocycles. The average Bonchev–Trinajstić information content (AvgIpc) is 2.74. The van der Waals surface area contributed by atoms with Crippen molar-refractivity contribution in [2.75, 3.05) is 26.2 Å². The second kappa shape index (κ2) is 7.62. The fourth-order valence-electron chi connectivity index (χ4n) is 2.29. The molecule has 0 saturated carbocycles. The highest BCUT2D eigenvalue weighted by Gasteiger charge is 2.23. The lowest BCUT2D eigenvalue weighted by Gasteiger charge is -2.19. The Bertz CT molecular complexity index is 625. The number of halogens is 1. The Labute approximate surface area is 139 Å². The third-order valence-corrected chi connectivity index (χ3v) is 4.52. The normalized spacial score (nSPS) is 15.0. The van der Waals surface area contributed by atoms with E-state index >= 15 is 0 Å². The van der Waals surface area contributed by atoms with Crippen LogP contribution in [0.25, 0.3) is 10.8 Å². The molecule has 6 nitrogen and oxygen atoms in total. The van der Waals surface area contributed by atoms with Crippen LogP contribution in [0.3, 0.4) is 0 Å². The molecular weight excluding hydrogens is 322 g/mol. The van der Waals surface area contributed by atoms with Crippen LogP contribution in [-0.2, 0) is 0 Å². The van der Waals surface area contributed by atoms with E-state index in [0.29, 0.717) is 15.7 Å². The highest BCUT2D eigenvalue weighted by Crippen LogP contribution is 2.26. The number of hydrogen-bond acceptors (Lipinski definition) is 6. The Morgan fingerprint density at radius 1 is 1.27 bits per heavy atom. The van der Waals surface area contributed by atoms with Crippen molar-refractivity contribution in [2.24, 2.45) is 0 Å². The molecule has 22 heavy (non-hydrogen) atoms. The zero-order valence-electron chi connectivity index (χ0n) is 12.3. The van der Waals surface area contributed by atoms with Gasteiger partial charge in [0, 0.05) is 32.0 Å². The lowest BCUT2D eigenvalue weighted by molar-refractivity contribution is 0.0770. The molecule has 0 aromatic carbocycles. The summed E-state index contributed by atoms with van der Waals surface area (Å²) in [5.74, 6) is 0.637. The molecule has 0 spiro atoms. The van der Waals surface area contributed by atoms with Gasteiger partial charge in [-0.25, -0.2) is 15.0 Å². The van der Waals surface area contributed by atoms with Crippen molar-refractivity contribution < 1.29 is 4.79 Å². The minimum absolute atomic E-state index is 0. The third-order valence-electron chi connectivity index (χ3n) is 3.38. The van der Waals surface area contributed by atoms with E-state index in [1.165, 1.54) is 11.3 Å². The fraction of sp³-hybridized carbons (Fsp3) is 0.429. The fourth-order valence-corrected chi connectivity index (χ4v) is 3.27. The highest BCUT2D eigenvalue weighted by atomic mass is 35.5. The Kier molecular flexibility index (Phi) is 5.82. The maximum Gasteiger partial charge on any atom is 0.265 e. The number of amides is 1. The van der Waals surface area contributed by atoms with Gasteiger partial charge in [0.05, 0.1) is 5.69 Å². The number of carbonyl (C=O) groups excluding carboxylic acids is 1. The molecule has 3 rings (SSSR count). The van der Waals surface area contributed by atoms with Crippen LogP contribution in [0.4, 0.5) is 0 Å². The van der Waals surface area contributed by atoms with Gasteiger partial charge in [0.15, 0.2) is 10.8 Å². The van der Waals surface area contributed by atoms with Crippen LogP contribution in [0.5, 0.6) is 0 Å². The van der Waals surface area contributed by atoms with Crippen LogP contribution < -0.4 is 5.32 Å². The molecule has 118 valence electrons. The summed E-state index contributed by atoms with van der Waals surface area (Å²) in [5.41, 5.74) is 0.754. The van der Waals surface area contributed by atoms with Crippen LogP contribution in [0.1, 0.15) is 21.8 Å². The molecule has 2 aromatic rings. The quantitative estimate of drug-likeness (QED) is 0.902. The SMILES string of the molecule is Cc1nc(-c2ncccn2)sc1C(=O)N1CCCNCC1.Cl. The maximum atomic E-state index is 12.6. The smallest absolute Gasteiger partial charge is 0.265 e. The monoisotopic (exact) mass is 339 g/mol. The summed E-state index contributed by atoms with van der Waals surface area (Å²) in [5, 5.41) is 4.00. The molecule has 0 radical (unpaired) electrons. The lowest BCUT2D eigenvalue weighted by atomic mass is 10.3. The van der Waals surface area contributed by atoms with E-state index in [1.807, 2.05) is 11.8 Å². The zero-order valence-corrected chi connectivity index (χ0v) is 13.9. The summed E-state index contributed by atoms with van der Waals surface area (Å²) < 4.78 is 0. The van der Waals surface area contributed by atoms with Gasteiger partial charge in [-0.15, -0.1) is 23.7 Å². The van der Waals surface area contributed by atoms with Gasteiger partial charge < -0.3 is 10.2 Å². The minimum atomic E-state index is 0. The number of aryl methyl sites for hydroxylation is 1. The molecule has 8 heteroatoms. The zero-order chi connectivity index (χ0) is 14.7. The summed E-state index contributed by atoms with van der Waals surface area (Å²) in [6.45, 7) is 5.22. The predicted octanol–water partition coefficient (Wildman–Crippen LogP) is 1.77. The van der Waals surface area contributed by atoms with Crippen LogP contribution in [0, 0.1) is 6.92 Å². The number of hydrogen-bond donors (Lipinski definition) is 1. The number of rotatable bonds is 2. The Balaban J connectivity index is 0.00000176. The second-order valence-electron chi connectivity index (χ2n) is 4.90. The van der Waals surface area contributed by atoms with Crippen molar-refractivity contribution in [3.8, 4) is 10.8 Å². The topological polar surface area (TPSA) is 71.0 Å². The van der Waals surface area contributed by atoms with Crippen molar-refractivity contribution in [3.63, 3.8) is 0 Å². The van der Waals surface area contributed by atoms with E-state index in [0.717, 1.165) is 38.3 Å². The average molecular weight is 340 g/mol. The van der Waals surface area contributed by atoms with E-state index in [1.54, 1.807) is 18.5 Å². The molecule has 0 unspecified atom stereocenters. The molecular formula is C14H18ClN5OS. The van der Waals surface area contributed by atoms with Crippen LogP contribution in [-0.4, -0.2) is 51.9 Å². The van der Waals surface area contributed by atoms with Gasteiger partial charge in [0.1, 0.15) is 4.88 Å². The van der Waals surface area contributed by atoms with Crippen molar-refractivity contribution in [2.45, 2.75) is 13.3 Å². The Hall–Kier alpha value is -1.57. The number of nitrogens with one attached hydrogen (secondary N) is 1. The molecule has 0 atom stereocenters. The van der Waals surface area contributed by atoms with Gasteiger partial charge in [0.2, 0.25) is 0 Å². The molecule has 2 aromatic heterocycles. The molecule has 1 aliphatic heterocycles. The molecule has 0 bridgehead atoms. The van der Waals surface area contributed by atoms with Gasteiger partial charge in [0.25, 0.3) is 5.91 Å². The largest absolute Gasteiger partial charge is 0.337 e. The van der Waals surface area contributed by atoms with Crippen molar-refractivity contribution in [3.05, 3.63) is 29.0 Å². The maximum absolute atomic E-state index is 12.6. The summed E-state index contributed by atoms with van der Waals surface area (Å²) in [7, 11) is 0. The van der Waals surface area contributed by atoms with Crippen molar-refractivity contribution >= 4 is 29.7 Å². The van der Waals surface area contributed by atoms with Gasteiger partial charge in [-0.05, 0) is 26.0 Å². The van der Waals surface area contributed by atoms with Gasteiger partial charge >= 0.3 is 0 Å². The number of carbonyl (C=O) groups is 1. The van der Waals surface area contributed by atoms with Gasteiger partial charge in [-0.3, -0.25) is 4.79 Å². The summed E-state index contributed by atoms with van der Waals surface area (Å²) in [4.78, 5) is 28.1. The standard InChI is InChI=1S/C14H17N5OS.ClH/c1-10-11(14(20)19-8-3-4-15-7-9-19)21-13(18-10)12-16-5-2-6-17-12;/h2,5-6,15H,3-4,7-9H2,1H3;1H. The number of aromatic nitrogens is 3. The molecule has 3 heterocycles. The first-order valence-electron chi connectivity index (χ1n) is 7.00. The molecule has 1 aliphatic rings. The van der Waals surface area contributed by atoms with E-state index in [2.05, 4.69) is 20.3 Å². The van der Waals surface area contributed by atoms with E-state index in [-0.39, 0.29) is 18.3 Å². The molecule has 1 N–H and O–H groups in total. The van der Waals surface area contributed by atoms with E-state index in [4.69, 9.17) is 0 Å². The lowest BCUT2D eigenvalue weighted by Crippen LogP contribution is -2.34. The van der Waals surface area contributed by atoms with Crippen LogP contribution >= 0.6 is 23.7 Å². The first-order valence-corrected chi connectivity index (χ1v) is 7.82. The van der Waals surface area contributed by atoms with Gasteiger partial charge in [-0.1, -0.05) is 0 Å². The van der Waals surface area contributed by atoms with Crippen LogP contribution in [0.15, 0.2) is 18.5 Å². The highest BCUT2D eigenvalue weighted by molar-refractivity contribution is 7.17. The van der Waals surface area contributed by atoms with E-state index in [9.17, 15) is 4.79 Å². The first kappa shape index (κ1) is 16.8.